The van der Waals surface area contributed by atoms with Crippen LogP contribution in [0.2, 0.25) is 0 Å². The Morgan fingerprint density at radius 3 is 2.38 bits per heavy atom. The van der Waals surface area contributed by atoms with E-state index in [0.717, 1.165) is 16.1 Å². The molecule has 0 aliphatic rings. The fraction of sp³-hybridized carbons (Fsp3) is 0.167. The van der Waals surface area contributed by atoms with Gasteiger partial charge in [0.25, 0.3) is 5.56 Å². The highest BCUT2D eigenvalue weighted by Gasteiger charge is 2.12. The number of rotatable bonds is 1. The highest BCUT2D eigenvalue weighted by atomic mass is 16.2. The van der Waals surface area contributed by atoms with Gasteiger partial charge in [-0.15, -0.1) is 0 Å². The molecule has 0 N–H and O–H groups in total. The predicted molar refractivity (Wildman–Crippen MR) is 61.1 cm³/mol. The van der Waals surface area contributed by atoms with E-state index >= 15 is 0 Å². The Kier molecular flexibility index (Phi) is 2.48. The quantitative estimate of drug-likeness (QED) is 0.726. The van der Waals surface area contributed by atoms with E-state index < -0.39 is 0 Å². The minimum atomic E-state index is -0.297. The van der Waals surface area contributed by atoms with Gasteiger partial charge in [-0.25, -0.2) is 4.68 Å². The smallest absolute Gasteiger partial charge is 0.273 e. The van der Waals surface area contributed by atoms with E-state index in [2.05, 4.69) is 0 Å². The Morgan fingerprint density at radius 2 is 1.81 bits per heavy atom. The van der Waals surface area contributed by atoms with Gasteiger partial charge in [0.2, 0.25) is 5.91 Å². The first-order valence-corrected chi connectivity index (χ1v) is 4.99. The van der Waals surface area contributed by atoms with Gasteiger partial charge < -0.3 is 0 Å². The van der Waals surface area contributed by atoms with Gasteiger partial charge in [-0.05, 0) is 19.1 Å². The number of carbonyl (C=O) groups is 1. The second-order valence-electron chi connectivity index (χ2n) is 3.60. The molecule has 0 atom stereocenters. The summed E-state index contributed by atoms with van der Waals surface area (Å²) in [5, 5.41) is 0. The Bertz CT molecular complexity index is 579. The molecule has 1 aromatic heterocycles. The molecule has 0 saturated carbocycles. The molecule has 1 heterocycles. The van der Waals surface area contributed by atoms with Crippen LogP contribution >= 0.6 is 0 Å². The number of hydrogen-bond acceptors (Lipinski definition) is 2. The lowest BCUT2D eigenvalue weighted by molar-refractivity contribution is 0.0908. The summed E-state index contributed by atoms with van der Waals surface area (Å²) < 4.78 is 2.75. The molecule has 0 amide bonds. The molecule has 16 heavy (non-hydrogen) atoms. The van der Waals surface area contributed by atoms with E-state index in [9.17, 15) is 9.59 Å². The van der Waals surface area contributed by atoms with E-state index in [1.165, 1.54) is 13.0 Å². The van der Waals surface area contributed by atoms with Gasteiger partial charge in [-0.3, -0.25) is 9.59 Å². The average Bonchev–Trinajstić information content (AvgIpc) is 2.55. The lowest BCUT2D eigenvalue weighted by Crippen LogP contribution is -2.27. The third-order valence-electron chi connectivity index (χ3n) is 2.37. The summed E-state index contributed by atoms with van der Waals surface area (Å²) in [6.45, 7) is 3.17. The lowest BCUT2D eigenvalue weighted by atomic mass is 10.3. The van der Waals surface area contributed by atoms with Gasteiger partial charge in [0.15, 0.2) is 0 Å². The van der Waals surface area contributed by atoms with Crippen molar-refractivity contribution in [2.45, 2.75) is 13.8 Å². The van der Waals surface area contributed by atoms with Gasteiger partial charge in [-0.2, -0.15) is 4.68 Å². The number of carbonyl (C=O) groups excluding carboxylic acids is 1. The number of aromatic nitrogens is 2. The van der Waals surface area contributed by atoms with Gasteiger partial charge >= 0.3 is 0 Å². The second-order valence-corrected chi connectivity index (χ2v) is 3.60. The molecule has 0 bridgehead atoms. The summed E-state index contributed by atoms with van der Waals surface area (Å²) >= 11 is 0. The second kappa shape index (κ2) is 3.81. The van der Waals surface area contributed by atoms with Gasteiger partial charge in [-0.1, -0.05) is 18.2 Å². The molecular formula is C12H12N2O2. The van der Waals surface area contributed by atoms with Crippen LogP contribution in [0.25, 0.3) is 5.69 Å². The number of para-hydroxylation sites is 1. The minimum Gasteiger partial charge on any atom is -0.273 e. The SMILES string of the molecule is CC(=O)n1c(=O)cc(C)n1-c1ccccc1. The third-order valence-corrected chi connectivity index (χ3v) is 2.37. The van der Waals surface area contributed by atoms with Crippen molar-refractivity contribution < 1.29 is 4.79 Å². The molecule has 4 heteroatoms. The van der Waals surface area contributed by atoms with Crippen molar-refractivity contribution in [2.75, 3.05) is 0 Å². The number of aryl methyl sites for hydroxylation is 1. The van der Waals surface area contributed by atoms with Gasteiger partial charge in [0.05, 0.1) is 5.69 Å². The summed E-state index contributed by atoms with van der Waals surface area (Å²) in [6.07, 6.45) is 0. The molecule has 0 saturated heterocycles. The van der Waals surface area contributed by atoms with Crippen molar-refractivity contribution in [2.24, 2.45) is 0 Å². The van der Waals surface area contributed by atoms with Crippen LogP contribution in [-0.2, 0) is 0 Å². The van der Waals surface area contributed by atoms with Crippen LogP contribution in [0.5, 0.6) is 0 Å². The number of benzene rings is 1. The Labute approximate surface area is 92.7 Å². The first kappa shape index (κ1) is 10.4. The van der Waals surface area contributed by atoms with E-state index in [1.807, 2.05) is 30.3 Å². The first-order valence-electron chi connectivity index (χ1n) is 4.99. The maximum absolute atomic E-state index is 11.6. The topological polar surface area (TPSA) is 44.0 Å². The zero-order valence-electron chi connectivity index (χ0n) is 9.18. The molecule has 0 radical (unpaired) electrons. The number of nitrogens with zero attached hydrogens (tertiary/aromatic N) is 2. The van der Waals surface area contributed by atoms with Gasteiger partial charge in [0.1, 0.15) is 0 Å². The molecule has 0 aliphatic carbocycles. The molecule has 0 spiro atoms. The Balaban J connectivity index is 2.75. The zero-order chi connectivity index (χ0) is 11.7. The molecule has 1 aromatic carbocycles. The molecule has 0 aliphatic heterocycles. The van der Waals surface area contributed by atoms with E-state index in [4.69, 9.17) is 0 Å². The Hall–Kier alpha value is -2.10. The Morgan fingerprint density at radius 1 is 1.19 bits per heavy atom. The van der Waals surface area contributed by atoms with Crippen LogP contribution in [0, 0.1) is 6.92 Å². The maximum atomic E-state index is 11.6. The van der Waals surface area contributed by atoms with Crippen molar-refractivity contribution >= 4 is 5.91 Å². The normalized spacial score (nSPS) is 10.4. The standard InChI is InChI=1S/C12H12N2O2/c1-9-8-12(16)14(10(2)15)13(9)11-6-4-3-5-7-11/h3-8H,1-2H3. The van der Waals surface area contributed by atoms with Crippen LogP contribution in [0.4, 0.5) is 0 Å². The van der Waals surface area contributed by atoms with Crippen LogP contribution < -0.4 is 5.56 Å². The van der Waals surface area contributed by atoms with E-state index in [0.29, 0.717) is 0 Å². The fourth-order valence-electron chi connectivity index (χ4n) is 1.74. The van der Waals surface area contributed by atoms with Gasteiger partial charge in [0, 0.05) is 18.7 Å². The monoisotopic (exact) mass is 216 g/mol. The van der Waals surface area contributed by atoms with Crippen LogP contribution in [0.15, 0.2) is 41.2 Å². The molecular weight excluding hydrogens is 204 g/mol. The third kappa shape index (κ3) is 1.58. The minimum absolute atomic E-state index is 0.290. The summed E-state index contributed by atoms with van der Waals surface area (Å²) in [4.78, 5) is 23.0. The highest BCUT2D eigenvalue weighted by molar-refractivity contribution is 5.75. The molecule has 2 rings (SSSR count). The largest absolute Gasteiger partial charge is 0.274 e. The number of hydrogen-bond donors (Lipinski definition) is 0. The first-order chi connectivity index (χ1) is 7.61. The lowest BCUT2D eigenvalue weighted by Gasteiger charge is -2.10. The average molecular weight is 216 g/mol. The summed E-state index contributed by atoms with van der Waals surface area (Å²) in [6, 6.07) is 10.8. The van der Waals surface area contributed by atoms with Crippen LogP contribution in [0.3, 0.4) is 0 Å². The summed E-state index contributed by atoms with van der Waals surface area (Å²) in [5.74, 6) is -0.290. The molecule has 0 fully saturated rings. The van der Waals surface area contributed by atoms with Crippen LogP contribution in [-0.4, -0.2) is 15.3 Å². The fourth-order valence-corrected chi connectivity index (χ4v) is 1.74. The predicted octanol–water partition coefficient (Wildman–Crippen LogP) is 1.61. The molecule has 82 valence electrons. The molecule has 4 nitrogen and oxygen atoms in total. The summed E-state index contributed by atoms with van der Waals surface area (Å²) in [7, 11) is 0. The maximum Gasteiger partial charge on any atom is 0.274 e. The zero-order valence-corrected chi connectivity index (χ0v) is 9.18. The van der Waals surface area contributed by atoms with Crippen molar-refractivity contribution in [3.05, 3.63) is 52.4 Å². The van der Waals surface area contributed by atoms with Crippen molar-refractivity contribution in [3.63, 3.8) is 0 Å². The summed E-state index contributed by atoms with van der Waals surface area (Å²) in [5.41, 5.74) is 1.25. The van der Waals surface area contributed by atoms with Crippen LogP contribution in [0.1, 0.15) is 17.4 Å². The molecule has 2 aromatic rings. The van der Waals surface area contributed by atoms with Crippen molar-refractivity contribution in [3.8, 4) is 5.69 Å². The molecule has 0 unspecified atom stereocenters. The van der Waals surface area contributed by atoms with E-state index in [-0.39, 0.29) is 11.5 Å². The van der Waals surface area contributed by atoms with E-state index in [1.54, 1.807) is 11.6 Å². The highest BCUT2D eigenvalue weighted by Crippen LogP contribution is 2.09. The van der Waals surface area contributed by atoms with Crippen molar-refractivity contribution in [1.29, 1.82) is 0 Å². The van der Waals surface area contributed by atoms with Crippen molar-refractivity contribution in [1.82, 2.24) is 9.36 Å².